The largest absolute Gasteiger partial charge is 0.339 e. The van der Waals surface area contributed by atoms with Gasteiger partial charge in [-0.2, -0.15) is 13.8 Å². The van der Waals surface area contributed by atoms with Gasteiger partial charge in [-0.1, -0.05) is 5.16 Å². The number of carbonyl (C=O) groups is 1. The number of amides is 1. The van der Waals surface area contributed by atoms with E-state index in [2.05, 4.69) is 25.4 Å². The molecule has 172 valence electrons. The molecule has 0 spiro atoms. The van der Waals surface area contributed by atoms with Crippen molar-refractivity contribution in [3.63, 3.8) is 0 Å². The second kappa shape index (κ2) is 7.43. The molecule has 2 aliphatic heterocycles. The van der Waals surface area contributed by atoms with Crippen LogP contribution < -0.4 is 10.2 Å². The van der Waals surface area contributed by atoms with Crippen molar-refractivity contribution in [2.75, 3.05) is 37.6 Å². The van der Waals surface area contributed by atoms with Crippen LogP contribution in [0, 0.1) is 0 Å². The van der Waals surface area contributed by atoms with Gasteiger partial charge in [0, 0.05) is 50.7 Å². The van der Waals surface area contributed by atoms with Gasteiger partial charge in [-0.15, -0.1) is 0 Å². The zero-order valence-electron chi connectivity index (χ0n) is 18.5. The minimum atomic E-state index is -3.01. The monoisotopic (exact) mass is 447 g/mol. The maximum Gasteiger partial charge on any atom is 0.290 e. The average Bonchev–Trinajstić information content (AvgIpc) is 3.38. The average molecular weight is 447 g/mol. The maximum atomic E-state index is 14.6. The molecule has 2 fully saturated rings. The van der Waals surface area contributed by atoms with Crippen molar-refractivity contribution >= 4 is 11.9 Å². The van der Waals surface area contributed by atoms with Crippen LogP contribution in [-0.4, -0.2) is 69.7 Å². The summed E-state index contributed by atoms with van der Waals surface area (Å²) in [7, 11) is 0. The normalized spacial score (nSPS) is 22.6. The molecule has 2 aromatic rings. The standard InChI is InChI=1S/C21H27F2N7O2/c1-12-5-9-30(12)19-25-14(13-4-6-21(22,23)15(13)26-19)16-27-17(32-28-16)20(2,3)18(31)29-10-7-24-8-11-29/h12,24H,4-11H2,1-3H3/t12-/m0/s1. The summed E-state index contributed by atoms with van der Waals surface area (Å²) in [6.07, 6.45) is 0.780. The molecule has 3 aliphatic rings. The van der Waals surface area contributed by atoms with Crippen LogP contribution in [0.2, 0.25) is 0 Å². The Morgan fingerprint density at radius 3 is 2.59 bits per heavy atom. The fraction of sp³-hybridized carbons (Fsp3) is 0.667. The lowest BCUT2D eigenvalue weighted by Crippen LogP contribution is -2.51. The number of nitrogens with one attached hydrogen (secondary N) is 1. The van der Waals surface area contributed by atoms with E-state index in [9.17, 15) is 13.6 Å². The van der Waals surface area contributed by atoms with Crippen LogP contribution in [0.4, 0.5) is 14.7 Å². The highest BCUT2D eigenvalue weighted by Crippen LogP contribution is 2.44. The Balaban J connectivity index is 1.51. The summed E-state index contributed by atoms with van der Waals surface area (Å²) in [5.41, 5.74) is -0.677. The van der Waals surface area contributed by atoms with Crippen LogP contribution in [0.1, 0.15) is 50.8 Å². The van der Waals surface area contributed by atoms with E-state index in [-0.39, 0.29) is 53.8 Å². The second-order valence-electron chi connectivity index (χ2n) is 9.33. The van der Waals surface area contributed by atoms with Crippen LogP contribution in [0.5, 0.6) is 0 Å². The summed E-state index contributed by atoms with van der Waals surface area (Å²) in [5.74, 6) is -2.59. The van der Waals surface area contributed by atoms with E-state index in [0.29, 0.717) is 25.2 Å². The summed E-state index contributed by atoms with van der Waals surface area (Å²) < 4.78 is 34.6. The Morgan fingerprint density at radius 1 is 1.19 bits per heavy atom. The second-order valence-corrected chi connectivity index (χ2v) is 9.33. The van der Waals surface area contributed by atoms with Crippen molar-refractivity contribution in [3.8, 4) is 11.5 Å². The number of halogens is 2. The van der Waals surface area contributed by atoms with Crippen LogP contribution in [0.15, 0.2) is 4.52 Å². The molecule has 5 rings (SSSR count). The number of aromatic nitrogens is 4. The van der Waals surface area contributed by atoms with Gasteiger partial charge in [-0.05, 0) is 33.6 Å². The summed E-state index contributed by atoms with van der Waals surface area (Å²) in [6.45, 7) is 8.88. The molecule has 9 nitrogen and oxygen atoms in total. The molecule has 1 aliphatic carbocycles. The van der Waals surface area contributed by atoms with E-state index < -0.39 is 11.3 Å². The SMILES string of the molecule is C[C@H]1CCN1c1nc(-c2noc(C(C)(C)C(=O)N3CCNCC3)n2)c2c(n1)C(F)(F)CC2. The van der Waals surface area contributed by atoms with Crippen molar-refractivity contribution in [1.82, 2.24) is 30.3 Å². The first-order valence-electron chi connectivity index (χ1n) is 11.1. The number of piperazine rings is 1. The fourth-order valence-corrected chi connectivity index (χ4v) is 4.47. The molecule has 0 radical (unpaired) electrons. The van der Waals surface area contributed by atoms with Gasteiger partial charge in [0.15, 0.2) is 0 Å². The third-order valence-electron chi connectivity index (χ3n) is 6.72. The summed E-state index contributed by atoms with van der Waals surface area (Å²) in [4.78, 5) is 30.0. The van der Waals surface area contributed by atoms with E-state index in [1.54, 1.807) is 18.7 Å². The summed E-state index contributed by atoms with van der Waals surface area (Å²) >= 11 is 0. The highest BCUT2D eigenvalue weighted by Gasteiger charge is 2.45. The summed E-state index contributed by atoms with van der Waals surface area (Å²) in [6, 6.07) is 0.187. The molecule has 1 N–H and O–H groups in total. The molecule has 2 aromatic heterocycles. The van der Waals surface area contributed by atoms with Gasteiger partial charge < -0.3 is 19.6 Å². The number of nitrogens with zero attached hydrogens (tertiary/aromatic N) is 6. The predicted octanol–water partition coefficient (Wildman–Crippen LogP) is 1.87. The lowest BCUT2D eigenvalue weighted by molar-refractivity contribution is -0.137. The molecule has 11 heteroatoms. The number of alkyl halides is 2. The zero-order chi connectivity index (χ0) is 22.7. The molecule has 4 heterocycles. The van der Waals surface area contributed by atoms with Crippen molar-refractivity contribution in [2.45, 2.75) is 57.4 Å². The predicted molar refractivity (Wildman–Crippen MR) is 111 cm³/mol. The Kier molecular flexibility index (Phi) is 4.92. The minimum Gasteiger partial charge on any atom is -0.339 e. The molecule has 1 atom stereocenters. The maximum absolute atomic E-state index is 14.6. The first-order valence-corrected chi connectivity index (χ1v) is 11.1. The van der Waals surface area contributed by atoms with Crippen molar-refractivity contribution in [1.29, 1.82) is 0 Å². The molecule has 0 unspecified atom stereocenters. The van der Waals surface area contributed by atoms with Gasteiger partial charge >= 0.3 is 0 Å². The molecule has 32 heavy (non-hydrogen) atoms. The summed E-state index contributed by atoms with van der Waals surface area (Å²) in [5, 5.41) is 7.27. The minimum absolute atomic E-state index is 0.108. The van der Waals surface area contributed by atoms with Gasteiger partial charge in [-0.25, -0.2) is 9.97 Å². The van der Waals surface area contributed by atoms with Crippen LogP contribution in [0.25, 0.3) is 11.5 Å². The van der Waals surface area contributed by atoms with Crippen molar-refractivity contribution in [2.24, 2.45) is 0 Å². The lowest BCUT2D eigenvalue weighted by atomic mass is 9.91. The van der Waals surface area contributed by atoms with E-state index in [1.165, 1.54) is 0 Å². The number of hydrogen-bond acceptors (Lipinski definition) is 8. The van der Waals surface area contributed by atoms with E-state index in [4.69, 9.17) is 4.52 Å². The highest BCUT2D eigenvalue weighted by molar-refractivity contribution is 5.86. The Labute approximate surface area is 184 Å². The quantitative estimate of drug-likeness (QED) is 0.758. The van der Waals surface area contributed by atoms with Crippen LogP contribution in [0.3, 0.4) is 0 Å². The van der Waals surface area contributed by atoms with Gasteiger partial charge in [0.2, 0.25) is 23.6 Å². The van der Waals surface area contributed by atoms with Crippen molar-refractivity contribution in [3.05, 3.63) is 17.1 Å². The number of anilines is 1. The Bertz CT molecular complexity index is 1050. The number of rotatable bonds is 4. The van der Waals surface area contributed by atoms with E-state index in [1.807, 2.05) is 11.8 Å². The number of fused-ring (bicyclic) bond motifs is 1. The Hall–Kier alpha value is -2.69. The van der Waals surface area contributed by atoms with Crippen LogP contribution in [-0.2, 0) is 22.6 Å². The number of hydrogen-bond donors (Lipinski definition) is 1. The topological polar surface area (TPSA) is 100 Å². The first-order chi connectivity index (χ1) is 15.2. The smallest absolute Gasteiger partial charge is 0.290 e. The van der Waals surface area contributed by atoms with Crippen LogP contribution >= 0.6 is 0 Å². The zero-order valence-corrected chi connectivity index (χ0v) is 18.5. The van der Waals surface area contributed by atoms with E-state index >= 15 is 0 Å². The van der Waals surface area contributed by atoms with Gasteiger partial charge in [-0.3, -0.25) is 4.79 Å². The van der Waals surface area contributed by atoms with E-state index in [0.717, 1.165) is 19.5 Å². The third kappa shape index (κ3) is 3.33. The van der Waals surface area contributed by atoms with Crippen molar-refractivity contribution < 1.29 is 18.1 Å². The van der Waals surface area contributed by atoms with Gasteiger partial charge in [0.1, 0.15) is 16.8 Å². The molecule has 0 saturated carbocycles. The molecule has 1 amide bonds. The van der Waals surface area contributed by atoms with Gasteiger partial charge in [0.05, 0.1) is 0 Å². The highest BCUT2D eigenvalue weighted by atomic mass is 19.3. The molecule has 0 bridgehead atoms. The molecular formula is C21H27F2N7O2. The van der Waals surface area contributed by atoms with Gasteiger partial charge in [0.25, 0.3) is 5.92 Å². The molecule has 0 aromatic carbocycles. The third-order valence-corrected chi connectivity index (χ3v) is 6.72. The number of carbonyl (C=O) groups excluding carboxylic acids is 1. The molecule has 2 saturated heterocycles. The Morgan fingerprint density at radius 2 is 1.94 bits per heavy atom. The fourth-order valence-electron chi connectivity index (χ4n) is 4.47. The molecular weight excluding hydrogens is 420 g/mol. The lowest BCUT2D eigenvalue weighted by Gasteiger charge is -2.39. The first kappa shape index (κ1) is 21.2.